The standard InChI is InChI=1S/C19H20F3NO3S/c1-2-12-23-18(17(24)25,19(20,21)22)13-27-16-10-8-15(9-11-16)26-14-6-4-3-5-7-14/h3-11,23H,2,12-13H2,1H3,(H,24,25). The summed E-state index contributed by atoms with van der Waals surface area (Å²) in [6.07, 6.45) is -4.53. The monoisotopic (exact) mass is 399 g/mol. The van der Waals surface area contributed by atoms with Gasteiger partial charge in [0.25, 0.3) is 0 Å². The quantitative estimate of drug-likeness (QED) is 0.584. The number of carboxylic acid groups (broad SMARTS) is 1. The fourth-order valence-electron chi connectivity index (χ4n) is 2.25. The maximum Gasteiger partial charge on any atom is 0.418 e. The number of benzene rings is 2. The van der Waals surface area contributed by atoms with Crippen LogP contribution in [0.5, 0.6) is 11.5 Å². The molecule has 2 aromatic carbocycles. The molecule has 1 unspecified atom stereocenters. The van der Waals surface area contributed by atoms with E-state index in [0.29, 0.717) is 22.8 Å². The average Bonchev–Trinajstić information content (AvgIpc) is 2.63. The number of rotatable bonds is 9. The number of thioether (sulfide) groups is 1. The maximum absolute atomic E-state index is 13.5. The van der Waals surface area contributed by atoms with Crippen LogP contribution in [0.25, 0.3) is 0 Å². The van der Waals surface area contributed by atoms with Crippen LogP contribution in [0, 0.1) is 0 Å². The number of halogens is 3. The highest BCUT2D eigenvalue weighted by Gasteiger charge is 2.60. The molecule has 0 saturated carbocycles. The zero-order valence-corrected chi connectivity index (χ0v) is 15.4. The Morgan fingerprint density at radius 2 is 1.67 bits per heavy atom. The topological polar surface area (TPSA) is 58.6 Å². The van der Waals surface area contributed by atoms with Gasteiger partial charge in [-0.1, -0.05) is 25.1 Å². The van der Waals surface area contributed by atoms with Gasteiger partial charge < -0.3 is 9.84 Å². The number of carbonyl (C=O) groups is 1. The van der Waals surface area contributed by atoms with Crippen molar-refractivity contribution >= 4 is 17.7 Å². The van der Waals surface area contributed by atoms with E-state index in [0.717, 1.165) is 11.8 Å². The normalized spacial score (nSPS) is 13.8. The van der Waals surface area contributed by atoms with Crippen LogP contribution in [0.1, 0.15) is 13.3 Å². The molecule has 2 N–H and O–H groups in total. The highest BCUT2D eigenvalue weighted by Crippen LogP contribution is 2.36. The molecule has 0 aromatic heterocycles. The Kier molecular flexibility index (Phi) is 7.15. The summed E-state index contributed by atoms with van der Waals surface area (Å²) in [4.78, 5) is 12.0. The van der Waals surface area contributed by atoms with Gasteiger partial charge in [0.1, 0.15) is 11.5 Å². The van der Waals surface area contributed by atoms with Gasteiger partial charge >= 0.3 is 12.1 Å². The summed E-state index contributed by atoms with van der Waals surface area (Å²) >= 11 is 0.829. The van der Waals surface area contributed by atoms with Gasteiger partial charge in [0.15, 0.2) is 0 Å². The zero-order valence-electron chi connectivity index (χ0n) is 14.6. The molecule has 0 spiro atoms. The second-order valence-electron chi connectivity index (χ2n) is 5.81. The van der Waals surface area contributed by atoms with Crippen LogP contribution >= 0.6 is 11.8 Å². The van der Waals surface area contributed by atoms with E-state index in [1.165, 1.54) is 0 Å². The van der Waals surface area contributed by atoms with Gasteiger partial charge in [-0.05, 0) is 49.4 Å². The summed E-state index contributed by atoms with van der Waals surface area (Å²) < 4.78 is 46.1. The number of hydrogen-bond acceptors (Lipinski definition) is 4. The van der Waals surface area contributed by atoms with Crippen molar-refractivity contribution in [2.24, 2.45) is 0 Å². The van der Waals surface area contributed by atoms with Gasteiger partial charge in [0.05, 0.1) is 0 Å². The Balaban J connectivity index is 2.09. The molecule has 1 atom stereocenters. The van der Waals surface area contributed by atoms with Crippen molar-refractivity contribution in [3.63, 3.8) is 0 Å². The van der Waals surface area contributed by atoms with E-state index in [-0.39, 0.29) is 6.54 Å². The van der Waals surface area contributed by atoms with E-state index in [2.05, 4.69) is 5.32 Å². The first-order valence-electron chi connectivity index (χ1n) is 8.29. The molecule has 0 aliphatic carbocycles. The molecule has 27 heavy (non-hydrogen) atoms. The van der Waals surface area contributed by atoms with Gasteiger partial charge in [0.2, 0.25) is 5.54 Å². The SMILES string of the molecule is CCCNC(CSc1ccc(Oc2ccccc2)cc1)(C(=O)O)C(F)(F)F. The highest BCUT2D eigenvalue weighted by molar-refractivity contribution is 7.99. The lowest BCUT2D eigenvalue weighted by atomic mass is 10.0. The minimum Gasteiger partial charge on any atom is -0.480 e. The first-order valence-corrected chi connectivity index (χ1v) is 9.28. The molecule has 0 bridgehead atoms. The molecule has 0 aliphatic rings. The zero-order chi connectivity index (χ0) is 19.9. The molecule has 0 heterocycles. The Hall–Kier alpha value is -2.19. The van der Waals surface area contributed by atoms with Crippen molar-refractivity contribution in [1.29, 1.82) is 0 Å². The predicted octanol–water partition coefficient (Wildman–Crippen LogP) is 4.96. The van der Waals surface area contributed by atoms with Crippen LogP contribution in [0.3, 0.4) is 0 Å². The fourth-order valence-corrected chi connectivity index (χ4v) is 3.35. The molecule has 8 heteroatoms. The van der Waals surface area contributed by atoms with Crippen molar-refractivity contribution in [3.8, 4) is 11.5 Å². The largest absolute Gasteiger partial charge is 0.480 e. The van der Waals surface area contributed by atoms with Crippen LogP contribution in [0.2, 0.25) is 0 Å². The van der Waals surface area contributed by atoms with E-state index < -0.39 is 23.4 Å². The minimum absolute atomic E-state index is 0.0454. The molecule has 0 fully saturated rings. The van der Waals surface area contributed by atoms with E-state index in [1.54, 1.807) is 43.3 Å². The molecule has 0 radical (unpaired) electrons. The van der Waals surface area contributed by atoms with E-state index in [9.17, 15) is 23.1 Å². The highest BCUT2D eigenvalue weighted by atomic mass is 32.2. The summed E-state index contributed by atoms with van der Waals surface area (Å²) in [7, 11) is 0. The second-order valence-corrected chi connectivity index (χ2v) is 6.86. The lowest BCUT2D eigenvalue weighted by Crippen LogP contribution is -2.64. The van der Waals surface area contributed by atoms with E-state index >= 15 is 0 Å². The van der Waals surface area contributed by atoms with Crippen molar-refractivity contribution in [3.05, 3.63) is 54.6 Å². The van der Waals surface area contributed by atoms with Crippen LogP contribution in [0.4, 0.5) is 13.2 Å². The lowest BCUT2D eigenvalue weighted by molar-refractivity contribution is -0.204. The molecule has 146 valence electrons. The average molecular weight is 399 g/mol. The van der Waals surface area contributed by atoms with Gasteiger partial charge in [0, 0.05) is 10.6 Å². The molecule has 4 nitrogen and oxygen atoms in total. The Bertz CT molecular complexity index is 738. The molecule has 0 saturated heterocycles. The number of aliphatic carboxylic acids is 1. The number of nitrogens with one attached hydrogen (secondary N) is 1. The van der Waals surface area contributed by atoms with Crippen LogP contribution in [-0.4, -0.2) is 35.1 Å². The summed E-state index contributed by atoms with van der Waals surface area (Å²) in [5.74, 6) is -1.43. The number of para-hydroxylation sites is 1. The third kappa shape index (κ3) is 5.40. The van der Waals surface area contributed by atoms with Crippen molar-refractivity contribution in [2.45, 2.75) is 30.0 Å². The van der Waals surface area contributed by atoms with Gasteiger partial charge in [-0.15, -0.1) is 11.8 Å². The number of carboxylic acids is 1. The smallest absolute Gasteiger partial charge is 0.418 e. The van der Waals surface area contributed by atoms with Crippen molar-refractivity contribution < 1.29 is 27.8 Å². The van der Waals surface area contributed by atoms with Crippen LogP contribution < -0.4 is 10.1 Å². The maximum atomic E-state index is 13.5. The van der Waals surface area contributed by atoms with Crippen molar-refractivity contribution in [2.75, 3.05) is 12.3 Å². The molecule has 2 rings (SSSR count). The minimum atomic E-state index is -4.92. The Morgan fingerprint density at radius 1 is 1.07 bits per heavy atom. The lowest BCUT2D eigenvalue weighted by Gasteiger charge is -2.32. The van der Waals surface area contributed by atoms with Crippen LogP contribution in [0.15, 0.2) is 59.5 Å². The van der Waals surface area contributed by atoms with E-state index in [4.69, 9.17) is 4.74 Å². The van der Waals surface area contributed by atoms with Gasteiger partial charge in [-0.3, -0.25) is 5.32 Å². The van der Waals surface area contributed by atoms with Crippen LogP contribution in [-0.2, 0) is 4.79 Å². The second kappa shape index (κ2) is 9.14. The van der Waals surface area contributed by atoms with Gasteiger partial charge in [-0.2, -0.15) is 13.2 Å². The summed E-state index contributed by atoms with van der Waals surface area (Å²) in [5, 5.41) is 11.4. The summed E-state index contributed by atoms with van der Waals surface area (Å²) in [5.41, 5.74) is -2.99. The number of alkyl halides is 3. The molecular formula is C19H20F3NO3S. The first kappa shape index (κ1) is 21.1. The van der Waals surface area contributed by atoms with Gasteiger partial charge in [-0.25, -0.2) is 4.79 Å². The number of ether oxygens (including phenoxy) is 1. The first-order chi connectivity index (χ1) is 12.8. The fraction of sp³-hybridized carbons (Fsp3) is 0.316. The third-order valence-corrected chi connectivity index (χ3v) is 4.97. The Labute approximate surface area is 159 Å². The predicted molar refractivity (Wildman–Crippen MR) is 98.4 cm³/mol. The third-order valence-electron chi connectivity index (χ3n) is 3.78. The van der Waals surface area contributed by atoms with Crippen molar-refractivity contribution in [1.82, 2.24) is 5.32 Å². The molecular weight excluding hydrogens is 379 g/mol. The van der Waals surface area contributed by atoms with E-state index in [1.807, 2.05) is 18.2 Å². The summed E-state index contributed by atoms with van der Waals surface area (Å²) in [6.45, 7) is 1.63. The molecule has 0 amide bonds. The molecule has 0 aliphatic heterocycles. The number of hydrogen-bond donors (Lipinski definition) is 2. The Morgan fingerprint density at radius 3 is 2.19 bits per heavy atom. The summed E-state index contributed by atoms with van der Waals surface area (Å²) in [6, 6.07) is 15.5. The molecule has 2 aromatic rings.